The van der Waals surface area contributed by atoms with Crippen molar-refractivity contribution in [3.63, 3.8) is 0 Å². The number of likely N-dealkylation sites (N-methyl/N-ethyl adjacent to an activating group) is 1. The number of nitrogens with zero attached hydrogens (tertiary/aromatic N) is 1. The number of hydrogen-bond donors (Lipinski definition) is 0. The van der Waals surface area contributed by atoms with Gasteiger partial charge in [0.25, 0.3) is 0 Å². The molecule has 1 rings (SSSR count). The number of halogens is 1. The first-order chi connectivity index (χ1) is 9.65. The van der Waals surface area contributed by atoms with Gasteiger partial charge in [-0.1, -0.05) is 13.8 Å². The van der Waals surface area contributed by atoms with Crippen molar-refractivity contribution in [1.82, 2.24) is 4.90 Å². The van der Waals surface area contributed by atoms with Crippen LogP contribution in [-0.4, -0.2) is 51.3 Å². The van der Waals surface area contributed by atoms with Gasteiger partial charge in [-0.05, 0) is 31.3 Å². The summed E-state index contributed by atoms with van der Waals surface area (Å²) in [6.07, 6.45) is 0. The van der Waals surface area contributed by atoms with Crippen LogP contribution in [0.25, 0.3) is 0 Å². The topological polar surface area (TPSA) is 48.0 Å². The Labute approximate surface area is 132 Å². The molecule has 0 aliphatic carbocycles. The zero-order valence-electron chi connectivity index (χ0n) is 13.0. The summed E-state index contributed by atoms with van der Waals surface area (Å²) in [5, 5.41) is 0. The molecule has 1 aromatic rings. The van der Waals surface area contributed by atoms with Crippen molar-refractivity contribution in [3.8, 4) is 11.5 Å². The SMILES string of the molecule is CCN(CC)CCOC(=O)c1ccc(OC)c(OC)c1.Cl. The maximum Gasteiger partial charge on any atom is 0.338 e. The molecule has 0 heterocycles. The lowest BCUT2D eigenvalue weighted by atomic mass is 10.2. The predicted octanol–water partition coefficient (Wildman–Crippen LogP) is 2.62. The third-order valence-corrected chi connectivity index (χ3v) is 3.15. The van der Waals surface area contributed by atoms with Crippen LogP contribution in [-0.2, 0) is 4.74 Å². The molecule has 0 radical (unpaired) electrons. The Morgan fingerprint density at radius 3 is 2.24 bits per heavy atom. The van der Waals surface area contributed by atoms with Gasteiger partial charge >= 0.3 is 5.97 Å². The zero-order valence-corrected chi connectivity index (χ0v) is 13.9. The molecule has 0 aromatic heterocycles. The molecule has 1 aromatic carbocycles. The second-order valence-electron chi connectivity index (χ2n) is 4.23. The second-order valence-corrected chi connectivity index (χ2v) is 4.23. The van der Waals surface area contributed by atoms with E-state index in [4.69, 9.17) is 14.2 Å². The van der Waals surface area contributed by atoms with Crippen LogP contribution in [0.3, 0.4) is 0 Å². The molecule has 0 bridgehead atoms. The maximum atomic E-state index is 11.9. The number of hydrogen-bond acceptors (Lipinski definition) is 5. The van der Waals surface area contributed by atoms with Gasteiger partial charge < -0.3 is 19.1 Å². The van der Waals surface area contributed by atoms with Crippen LogP contribution in [0.4, 0.5) is 0 Å². The molecule has 0 saturated heterocycles. The Bertz CT molecular complexity index is 436. The standard InChI is InChI=1S/C15H23NO4.ClH/c1-5-16(6-2)9-10-20-15(17)12-7-8-13(18-3)14(11-12)19-4;/h7-8,11H,5-6,9-10H2,1-4H3;1H. The average Bonchev–Trinajstić information content (AvgIpc) is 2.50. The van der Waals surface area contributed by atoms with Crippen LogP contribution in [0, 0.1) is 0 Å². The van der Waals surface area contributed by atoms with E-state index in [0.29, 0.717) is 23.7 Å². The molecule has 120 valence electrons. The largest absolute Gasteiger partial charge is 0.493 e. The molecular formula is C15H24ClNO4. The van der Waals surface area contributed by atoms with Crippen molar-refractivity contribution in [2.45, 2.75) is 13.8 Å². The van der Waals surface area contributed by atoms with Crippen LogP contribution in [0.1, 0.15) is 24.2 Å². The van der Waals surface area contributed by atoms with Gasteiger partial charge in [-0.2, -0.15) is 0 Å². The van der Waals surface area contributed by atoms with Crippen LogP contribution in [0.5, 0.6) is 11.5 Å². The molecule has 0 N–H and O–H groups in total. The highest BCUT2D eigenvalue weighted by molar-refractivity contribution is 5.90. The summed E-state index contributed by atoms with van der Waals surface area (Å²) >= 11 is 0. The van der Waals surface area contributed by atoms with Crippen molar-refractivity contribution in [1.29, 1.82) is 0 Å². The van der Waals surface area contributed by atoms with E-state index in [9.17, 15) is 4.79 Å². The van der Waals surface area contributed by atoms with Gasteiger partial charge in [0.05, 0.1) is 19.8 Å². The first-order valence-corrected chi connectivity index (χ1v) is 6.77. The van der Waals surface area contributed by atoms with E-state index in [1.807, 2.05) is 0 Å². The summed E-state index contributed by atoms with van der Waals surface area (Å²) in [7, 11) is 3.09. The van der Waals surface area contributed by atoms with Crippen molar-refractivity contribution < 1.29 is 19.0 Å². The normalized spacial score (nSPS) is 9.95. The highest BCUT2D eigenvalue weighted by Crippen LogP contribution is 2.27. The van der Waals surface area contributed by atoms with Gasteiger partial charge in [0.1, 0.15) is 6.61 Å². The minimum absolute atomic E-state index is 0. The van der Waals surface area contributed by atoms with Gasteiger partial charge in [0.2, 0.25) is 0 Å². The first-order valence-electron chi connectivity index (χ1n) is 6.77. The van der Waals surface area contributed by atoms with E-state index in [-0.39, 0.29) is 18.4 Å². The molecule has 0 fully saturated rings. The van der Waals surface area contributed by atoms with Crippen molar-refractivity contribution in [2.75, 3.05) is 40.5 Å². The summed E-state index contributed by atoms with van der Waals surface area (Å²) in [6.45, 7) is 7.19. The third-order valence-electron chi connectivity index (χ3n) is 3.15. The lowest BCUT2D eigenvalue weighted by molar-refractivity contribution is 0.0466. The molecule has 0 aliphatic rings. The van der Waals surface area contributed by atoms with E-state index >= 15 is 0 Å². The van der Waals surface area contributed by atoms with Crippen LogP contribution < -0.4 is 9.47 Å². The Balaban J connectivity index is 0.00000400. The fraction of sp³-hybridized carbons (Fsp3) is 0.533. The number of benzene rings is 1. The third kappa shape index (κ3) is 5.81. The van der Waals surface area contributed by atoms with Crippen molar-refractivity contribution >= 4 is 18.4 Å². The molecule has 6 heteroatoms. The van der Waals surface area contributed by atoms with Crippen molar-refractivity contribution in [3.05, 3.63) is 23.8 Å². The number of rotatable bonds is 8. The first kappa shape index (κ1) is 19.5. The quantitative estimate of drug-likeness (QED) is 0.690. The minimum atomic E-state index is -0.349. The fourth-order valence-electron chi connectivity index (χ4n) is 1.85. The molecule has 0 saturated carbocycles. The van der Waals surface area contributed by atoms with Crippen LogP contribution in [0.2, 0.25) is 0 Å². The minimum Gasteiger partial charge on any atom is -0.493 e. The molecule has 0 spiro atoms. The monoisotopic (exact) mass is 317 g/mol. The van der Waals surface area contributed by atoms with Gasteiger partial charge in [0, 0.05) is 6.54 Å². The maximum absolute atomic E-state index is 11.9. The lowest BCUT2D eigenvalue weighted by Crippen LogP contribution is -2.27. The lowest BCUT2D eigenvalue weighted by Gasteiger charge is -2.17. The Kier molecular flexibility index (Phi) is 9.58. The van der Waals surface area contributed by atoms with Gasteiger partial charge in [0.15, 0.2) is 11.5 Å². The summed E-state index contributed by atoms with van der Waals surface area (Å²) in [5.41, 5.74) is 0.460. The molecule has 0 aliphatic heterocycles. The second kappa shape index (κ2) is 10.3. The summed E-state index contributed by atoms with van der Waals surface area (Å²) < 4.78 is 15.6. The van der Waals surface area contributed by atoms with Gasteiger partial charge in [-0.3, -0.25) is 0 Å². The summed E-state index contributed by atoms with van der Waals surface area (Å²) in [5.74, 6) is 0.760. The number of methoxy groups -OCH3 is 2. The molecule has 5 nitrogen and oxygen atoms in total. The molecule has 0 unspecified atom stereocenters. The number of ether oxygens (including phenoxy) is 3. The Morgan fingerprint density at radius 2 is 1.71 bits per heavy atom. The number of esters is 1. The van der Waals surface area contributed by atoms with E-state index in [2.05, 4.69) is 18.7 Å². The van der Waals surface area contributed by atoms with Crippen molar-refractivity contribution in [2.24, 2.45) is 0 Å². The zero-order chi connectivity index (χ0) is 15.0. The molecule has 21 heavy (non-hydrogen) atoms. The van der Waals surface area contributed by atoms with Crippen LogP contribution in [0.15, 0.2) is 18.2 Å². The van der Waals surface area contributed by atoms with Crippen LogP contribution >= 0.6 is 12.4 Å². The smallest absolute Gasteiger partial charge is 0.338 e. The molecule has 0 atom stereocenters. The Morgan fingerprint density at radius 1 is 1.10 bits per heavy atom. The predicted molar refractivity (Wildman–Crippen MR) is 84.9 cm³/mol. The van der Waals surface area contributed by atoms with E-state index in [1.54, 1.807) is 25.3 Å². The summed E-state index contributed by atoms with van der Waals surface area (Å²) in [6, 6.07) is 4.99. The van der Waals surface area contributed by atoms with Gasteiger partial charge in [-0.25, -0.2) is 4.79 Å². The van der Waals surface area contributed by atoms with E-state index in [0.717, 1.165) is 19.6 Å². The van der Waals surface area contributed by atoms with E-state index < -0.39 is 0 Å². The van der Waals surface area contributed by atoms with Gasteiger partial charge in [-0.15, -0.1) is 12.4 Å². The fourth-order valence-corrected chi connectivity index (χ4v) is 1.85. The highest BCUT2D eigenvalue weighted by Gasteiger charge is 2.12. The Hall–Kier alpha value is -1.46. The molecule has 0 amide bonds. The highest BCUT2D eigenvalue weighted by atomic mass is 35.5. The number of carbonyl (C=O) groups excluding carboxylic acids is 1. The average molecular weight is 318 g/mol. The summed E-state index contributed by atoms with van der Waals surface area (Å²) in [4.78, 5) is 14.1. The number of carbonyl (C=O) groups is 1. The molecular weight excluding hydrogens is 294 g/mol. The van der Waals surface area contributed by atoms with E-state index in [1.165, 1.54) is 7.11 Å².